The van der Waals surface area contributed by atoms with E-state index >= 15 is 0 Å². The number of carbonyl (C=O) groups is 2. The maximum atomic E-state index is 13.9. The lowest BCUT2D eigenvalue weighted by Gasteiger charge is -2.32. The Hall–Kier alpha value is -3.92. The van der Waals surface area contributed by atoms with Gasteiger partial charge in [-0.1, -0.05) is 12.1 Å². The number of aromatic nitrogens is 3. The fraction of sp³-hybridized carbons (Fsp3) is 0.448. The second-order valence-electron chi connectivity index (χ2n) is 10.6. The van der Waals surface area contributed by atoms with Crippen molar-refractivity contribution in [3.8, 4) is 0 Å². The molecular formula is C29H35N7O3. The Morgan fingerprint density at radius 3 is 2.44 bits per heavy atom. The number of hydrogen-bond donors (Lipinski definition) is 2. The second kappa shape index (κ2) is 10.3. The van der Waals surface area contributed by atoms with Crippen molar-refractivity contribution in [3.63, 3.8) is 0 Å². The molecule has 2 aliphatic rings. The zero-order chi connectivity index (χ0) is 27.1. The molecule has 39 heavy (non-hydrogen) atoms. The number of para-hydroxylation sites is 2. The Morgan fingerprint density at radius 2 is 1.72 bits per heavy atom. The largest absolute Gasteiger partial charge is 0.359 e. The smallest absolute Gasteiger partial charge is 0.259 e. The molecule has 0 bridgehead atoms. The van der Waals surface area contributed by atoms with E-state index in [1.165, 1.54) is 12.8 Å². The van der Waals surface area contributed by atoms with Crippen molar-refractivity contribution in [2.75, 3.05) is 51.2 Å². The molecule has 3 aromatic heterocycles. The molecule has 2 saturated heterocycles. The number of anilines is 1. The fourth-order valence-electron chi connectivity index (χ4n) is 6.21. The van der Waals surface area contributed by atoms with Gasteiger partial charge in [-0.3, -0.25) is 18.8 Å². The summed E-state index contributed by atoms with van der Waals surface area (Å²) in [7, 11) is 3.56. The van der Waals surface area contributed by atoms with Crippen LogP contribution in [-0.4, -0.2) is 77.0 Å². The van der Waals surface area contributed by atoms with E-state index in [1.807, 2.05) is 46.3 Å². The Morgan fingerprint density at radius 1 is 1.00 bits per heavy atom. The van der Waals surface area contributed by atoms with Crippen LogP contribution < -0.4 is 21.0 Å². The summed E-state index contributed by atoms with van der Waals surface area (Å²) in [5, 5.41) is 6.17. The van der Waals surface area contributed by atoms with Crippen molar-refractivity contribution >= 4 is 45.3 Å². The number of rotatable bonds is 6. The molecule has 204 valence electrons. The van der Waals surface area contributed by atoms with Crippen molar-refractivity contribution in [1.82, 2.24) is 29.5 Å². The molecule has 2 aliphatic heterocycles. The summed E-state index contributed by atoms with van der Waals surface area (Å²) in [4.78, 5) is 49.0. The summed E-state index contributed by atoms with van der Waals surface area (Å²) < 4.78 is 3.86. The van der Waals surface area contributed by atoms with Gasteiger partial charge in [-0.2, -0.15) is 0 Å². The molecule has 10 heteroatoms. The number of carbonyl (C=O) groups excluding carboxylic acids is 2. The van der Waals surface area contributed by atoms with Crippen molar-refractivity contribution in [1.29, 1.82) is 0 Å². The normalized spacial score (nSPS) is 16.9. The molecule has 0 saturated carbocycles. The van der Waals surface area contributed by atoms with Crippen LogP contribution in [0.3, 0.4) is 0 Å². The zero-order valence-electron chi connectivity index (χ0n) is 22.6. The van der Waals surface area contributed by atoms with Crippen LogP contribution in [0.1, 0.15) is 36.0 Å². The molecule has 0 atom stereocenters. The molecule has 2 N–H and O–H groups in total. The number of likely N-dealkylation sites (tertiary alicyclic amines) is 1. The van der Waals surface area contributed by atoms with Crippen LogP contribution in [0, 0.1) is 5.92 Å². The van der Waals surface area contributed by atoms with E-state index in [1.54, 1.807) is 13.1 Å². The first-order valence-electron chi connectivity index (χ1n) is 13.9. The third-order valence-electron chi connectivity index (χ3n) is 8.36. The molecule has 0 aliphatic carbocycles. The SMILES string of the molecule is CNC(=O)C1CCN(c2ccc3c(=O)c(C(=O)NCCN4CCCC4)c4n(C)c5ccccc5n4c3n2)CC1. The summed E-state index contributed by atoms with van der Waals surface area (Å²) in [5.41, 5.74) is 2.69. The number of amides is 2. The van der Waals surface area contributed by atoms with Crippen molar-refractivity contribution in [2.24, 2.45) is 13.0 Å². The predicted molar refractivity (Wildman–Crippen MR) is 152 cm³/mol. The van der Waals surface area contributed by atoms with Gasteiger partial charge in [0, 0.05) is 46.2 Å². The number of imidazole rings is 1. The fourth-order valence-corrected chi connectivity index (χ4v) is 6.21. The molecule has 6 rings (SSSR count). The highest BCUT2D eigenvalue weighted by Gasteiger charge is 2.27. The summed E-state index contributed by atoms with van der Waals surface area (Å²) in [6, 6.07) is 11.5. The van der Waals surface area contributed by atoms with Gasteiger partial charge in [0.1, 0.15) is 17.0 Å². The molecular weight excluding hydrogens is 494 g/mol. The van der Waals surface area contributed by atoms with Gasteiger partial charge >= 0.3 is 0 Å². The van der Waals surface area contributed by atoms with Crippen LogP contribution in [0.15, 0.2) is 41.2 Å². The lowest BCUT2D eigenvalue weighted by atomic mass is 9.96. The third-order valence-corrected chi connectivity index (χ3v) is 8.36. The number of piperidine rings is 1. The summed E-state index contributed by atoms with van der Waals surface area (Å²) in [5.74, 6) is 0.494. The minimum absolute atomic E-state index is 0.00522. The highest BCUT2D eigenvalue weighted by atomic mass is 16.2. The number of nitrogens with zero attached hydrogens (tertiary/aromatic N) is 5. The summed E-state index contributed by atoms with van der Waals surface area (Å²) >= 11 is 0. The molecule has 0 spiro atoms. The molecule has 2 amide bonds. The van der Waals surface area contributed by atoms with Crippen LogP contribution in [0.25, 0.3) is 27.7 Å². The van der Waals surface area contributed by atoms with Crippen molar-refractivity contribution in [3.05, 3.63) is 52.2 Å². The van der Waals surface area contributed by atoms with Crippen LogP contribution >= 0.6 is 0 Å². The molecule has 2 fully saturated rings. The molecule has 0 unspecified atom stereocenters. The number of nitrogens with one attached hydrogen (secondary N) is 2. The lowest BCUT2D eigenvalue weighted by molar-refractivity contribution is -0.125. The minimum Gasteiger partial charge on any atom is -0.359 e. The standard InChI is InChI=1S/C29H35N7O3/c1-30-27(38)19-11-16-35(17-12-19)23-10-9-20-25(37)24(28(39)31-13-18-34-14-5-6-15-34)29-33(2)21-7-3-4-8-22(21)36(29)26(20)32-23/h3-4,7-10,19H,5-6,11-18H2,1-2H3,(H,30,38)(H,31,39). The zero-order valence-corrected chi connectivity index (χ0v) is 22.6. The summed E-state index contributed by atoms with van der Waals surface area (Å²) in [6.45, 7) is 4.80. The summed E-state index contributed by atoms with van der Waals surface area (Å²) in [6.07, 6.45) is 3.88. The van der Waals surface area contributed by atoms with E-state index in [9.17, 15) is 14.4 Å². The first-order valence-corrected chi connectivity index (χ1v) is 13.9. The Kier molecular flexibility index (Phi) is 6.72. The lowest BCUT2D eigenvalue weighted by Crippen LogP contribution is -2.40. The number of hydrogen-bond acceptors (Lipinski definition) is 6. The quantitative estimate of drug-likeness (QED) is 0.397. The highest BCUT2D eigenvalue weighted by Crippen LogP contribution is 2.28. The highest BCUT2D eigenvalue weighted by molar-refractivity contribution is 6.05. The van der Waals surface area contributed by atoms with E-state index in [0.717, 1.165) is 49.3 Å². The van der Waals surface area contributed by atoms with Crippen molar-refractivity contribution < 1.29 is 9.59 Å². The van der Waals surface area contributed by atoms with Crippen LogP contribution in [0.2, 0.25) is 0 Å². The number of fused-ring (bicyclic) bond motifs is 5. The van der Waals surface area contributed by atoms with Crippen LogP contribution in [0.4, 0.5) is 5.82 Å². The Bertz CT molecular complexity index is 1630. The number of aryl methyl sites for hydroxylation is 1. The van der Waals surface area contributed by atoms with Gasteiger partial charge in [0.2, 0.25) is 11.3 Å². The topological polar surface area (TPSA) is 104 Å². The maximum absolute atomic E-state index is 13.9. The monoisotopic (exact) mass is 529 g/mol. The molecule has 4 aromatic rings. The Balaban J connectivity index is 1.43. The van der Waals surface area contributed by atoms with Gasteiger partial charge in [-0.15, -0.1) is 0 Å². The number of pyridine rings is 2. The van der Waals surface area contributed by atoms with Gasteiger partial charge in [-0.25, -0.2) is 4.98 Å². The molecule has 0 radical (unpaired) electrons. The second-order valence-corrected chi connectivity index (χ2v) is 10.6. The van der Waals surface area contributed by atoms with Crippen LogP contribution in [-0.2, 0) is 11.8 Å². The van der Waals surface area contributed by atoms with Crippen molar-refractivity contribution in [2.45, 2.75) is 25.7 Å². The van der Waals surface area contributed by atoms with Gasteiger partial charge in [0.15, 0.2) is 5.65 Å². The Labute approximate surface area is 226 Å². The van der Waals surface area contributed by atoms with E-state index in [0.29, 0.717) is 36.3 Å². The van der Waals surface area contributed by atoms with Crippen LogP contribution in [0.5, 0.6) is 0 Å². The molecule has 1 aromatic carbocycles. The predicted octanol–water partition coefficient (Wildman–Crippen LogP) is 2.13. The third kappa shape index (κ3) is 4.42. The van der Waals surface area contributed by atoms with E-state index in [2.05, 4.69) is 20.4 Å². The minimum atomic E-state index is -0.357. The van der Waals surface area contributed by atoms with Gasteiger partial charge < -0.3 is 25.0 Å². The van der Waals surface area contributed by atoms with Gasteiger partial charge in [-0.05, 0) is 63.0 Å². The molecule has 5 heterocycles. The first kappa shape index (κ1) is 25.4. The van der Waals surface area contributed by atoms with E-state index in [-0.39, 0.29) is 28.7 Å². The maximum Gasteiger partial charge on any atom is 0.259 e. The average Bonchev–Trinajstić information content (AvgIpc) is 3.59. The number of benzene rings is 1. The van der Waals surface area contributed by atoms with Gasteiger partial charge in [0.05, 0.1) is 16.4 Å². The van der Waals surface area contributed by atoms with Gasteiger partial charge in [0.25, 0.3) is 5.91 Å². The first-order chi connectivity index (χ1) is 19.0. The molecule has 10 nitrogen and oxygen atoms in total. The average molecular weight is 530 g/mol. The van der Waals surface area contributed by atoms with E-state index in [4.69, 9.17) is 4.98 Å². The van der Waals surface area contributed by atoms with E-state index < -0.39 is 0 Å².